The number of H-pyrrole nitrogens is 1. The Morgan fingerprint density at radius 3 is 2.57 bits per heavy atom. The molecule has 2 N–H and O–H groups in total. The number of hydrogen-bond donors (Lipinski definition) is 2. The van der Waals surface area contributed by atoms with Gasteiger partial charge in [0, 0.05) is 25.6 Å². The first-order chi connectivity index (χ1) is 13.6. The lowest BCUT2D eigenvalue weighted by molar-refractivity contribution is -0.125. The molecule has 0 aliphatic carbocycles. The van der Waals surface area contributed by atoms with Crippen LogP contribution in [0, 0.1) is 19.8 Å². The zero-order valence-electron chi connectivity index (χ0n) is 16.7. The number of rotatable bonds is 5. The molecule has 5 nitrogen and oxygen atoms in total. The molecule has 1 aliphatic rings. The molecular weight excluding hydrogens is 348 g/mol. The summed E-state index contributed by atoms with van der Waals surface area (Å²) in [6, 6.07) is 14.8. The molecular formula is C23H28N4O. The zero-order chi connectivity index (χ0) is 19.5. The van der Waals surface area contributed by atoms with Crippen LogP contribution >= 0.6 is 0 Å². The van der Waals surface area contributed by atoms with Crippen LogP contribution in [-0.2, 0) is 11.2 Å². The number of aromatic nitrogens is 2. The Labute approximate surface area is 166 Å². The van der Waals surface area contributed by atoms with Crippen LogP contribution in [-0.4, -0.2) is 35.5 Å². The number of carbonyl (C=O) groups is 1. The van der Waals surface area contributed by atoms with Crippen molar-refractivity contribution in [3.05, 3.63) is 59.2 Å². The minimum absolute atomic E-state index is 0.0980. The molecule has 1 amide bonds. The molecule has 4 rings (SSSR count). The molecule has 0 spiro atoms. The van der Waals surface area contributed by atoms with Gasteiger partial charge in [0.25, 0.3) is 0 Å². The summed E-state index contributed by atoms with van der Waals surface area (Å²) < 4.78 is 0. The van der Waals surface area contributed by atoms with E-state index >= 15 is 0 Å². The topological polar surface area (TPSA) is 61.0 Å². The summed E-state index contributed by atoms with van der Waals surface area (Å²) in [5.74, 6) is 1.20. The Kier molecular flexibility index (Phi) is 5.33. The highest BCUT2D eigenvalue weighted by atomic mass is 16.1. The molecule has 5 heteroatoms. The third kappa shape index (κ3) is 4.19. The zero-order valence-corrected chi connectivity index (χ0v) is 16.7. The summed E-state index contributed by atoms with van der Waals surface area (Å²) in [5.41, 5.74) is 5.83. The summed E-state index contributed by atoms with van der Waals surface area (Å²) in [6.45, 7) is 6.59. The monoisotopic (exact) mass is 376 g/mol. The van der Waals surface area contributed by atoms with Gasteiger partial charge in [-0.3, -0.25) is 4.79 Å². The van der Waals surface area contributed by atoms with Gasteiger partial charge in [-0.15, -0.1) is 0 Å². The minimum atomic E-state index is 0.0980. The normalized spacial score (nSPS) is 15.1. The van der Waals surface area contributed by atoms with Crippen LogP contribution in [0.4, 0.5) is 5.95 Å². The number of carbonyl (C=O) groups excluding carboxylic acids is 1. The fraction of sp³-hybridized carbons (Fsp3) is 0.391. The van der Waals surface area contributed by atoms with Gasteiger partial charge in [0.1, 0.15) is 0 Å². The van der Waals surface area contributed by atoms with E-state index in [4.69, 9.17) is 4.98 Å². The molecule has 146 valence electrons. The predicted molar refractivity (Wildman–Crippen MR) is 114 cm³/mol. The Morgan fingerprint density at radius 1 is 1.11 bits per heavy atom. The van der Waals surface area contributed by atoms with Crippen molar-refractivity contribution in [2.75, 3.05) is 24.5 Å². The minimum Gasteiger partial charge on any atom is -0.356 e. The maximum atomic E-state index is 12.5. The van der Waals surface area contributed by atoms with Crippen molar-refractivity contribution in [1.29, 1.82) is 0 Å². The van der Waals surface area contributed by atoms with Crippen LogP contribution in [0.3, 0.4) is 0 Å². The van der Waals surface area contributed by atoms with Gasteiger partial charge >= 0.3 is 0 Å². The smallest absolute Gasteiger partial charge is 0.223 e. The van der Waals surface area contributed by atoms with E-state index in [2.05, 4.69) is 71.5 Å². The van der Waals surface area contributed by atoms with Crippen molar-refractivity contribution >= 4 is 22.9 Å². The lowest BCUT2D eigenvalue weighted by Crippen LogP contribution is -2.41. The van der Waals surface area contributed by atoms with E-state index in [0.717, 1.165) is 49.3 Å². The van der Waals surface area contributed by atoms with E-state index < -0.39 is 0 Å². The molecule has 0 radical (unpaired) electrons. The summed E-state index contributed by atoms with van der Waals surface area (Å²) in [5, 5.41) is 3.12. The molecule has 1 fully saturated rings. The third-order valence-electron chi connectivity index (χ3n) is 5.62. The van der Waals surface area contributed by atoms with Crippen LogP contribution in [0.25, 0.3) is 11.0 Å². The predicted octanol–water partition coefficient (Wildman–Crippen LogP) is 3.76. The highest BCUT2D eigenvalue weighted by Gasteiger charge is 2.26. The Balaban J connectivity index is 1.27. The maximum Gasteiger partial charge on any atom is 0.223 e. The standard InChI is InChI=1S/C23H28N4O/c1-16-3-6-18(7-4-16)9-12-24-22(28)19-10-13-27(14-11-19)23-25-20-8-5-17(2)15-21(20)26-23/h3-8,15,19H,9-14H2,1-2H3,(H,24,28)(H,25,26). The van der Waals surface area contributed by atoms with Gasteiger partial charge in [-0.2, -0.15) is 0 Å². The number of anilines is 1. The molecule has 0 bridgehead atoms. The van der Waals surface area contributed by atoms with Gasteiger partial charge in [0.15, 0.2) is 0 Å². The van der Waals surface area contributed by atoms with Gasteiger partial charge in [0.2, 0.25) is 11.9 Å². The molecule has 0 saturated carbocycles. The molecule has 1 saturated heterocycles. The number of aromatic amines is 1. The summed E-state index contributed by atoms with van der Waals surface area (Å²) in [6.07, 6.45) is 2.61. The number of fused-ring (bicyclic) bond motifs is 1. The van der Waals surface area contributed by atoms with Gasteiger partial charge in [0.05, 0.1) is 11.0 Å². The first-order valence-electron chi connectivity index (χ1n) is 10.1. The first kappa shape index (κ1) is 18.5. The van der Waals surface area contributed by atoms with E-state index in [-0.39, 0.29) is 11.8 Å². The first-order valence-corrected chi connectivity index (χ1v) is 10.1. The lowest BCUT2D eigenvalue weighted by atomic mass is 9.96. The van der Waals surface area contributed by atoms with E-state index in [1.165, 1.54) is 16.7 Å². The lowest BCUT2D eigenvalue weighted by Gasteiger charge is -2.31. The van der Waals surface area contributed by atoms with Gasteiger partial charge in [-0.25, -0.2) is 4.98 Å². The van der Waals surface area contributed by atoms with Crippen LogP contribution < -0.4 is 10.2 Å². The highest BCUT2D eigenvalue weighted by molar-refractivity contribution is 5.80. The number of nitrogens with zero attached hydrogens (tertiary/aromatic N) is 2. The van der Waals surface area contributed by atoms with Crippen molar-refractivity contribution in [2.45, 2.75) is 33.1 Å². The number of imidazole rings is 1. The van der Waals surface area contributed by atoms with Crippen LogP contribution in [0.1, 0.15) is 29.5 Å². The van der Waals surface area contributed by atoms with Crippen LogP contribution in [0.2, 0.25) is 0 Å². The molecule has 0 atom stereocenters. The quantitative estimate of drug-likeness (QED) is 0.713. The molecule has 1 aliphatic heterocycles. The number of amides is 1. The van der Waals surface area contributed by atoms with E-state index in [0.29, 0.717) is 6.54 Å². The van der Waals surface area contributed by atoms with E-state index in [1.54, 1.807) is 0 Å². The van der Waals surface area contributed by atoms with Crippen LogP contribution in [0.5, 0.6) is 0 Å². The Bertz CT molecular complexity index is 952. The number of benzene rings is 2. The Hall–Kier alpha value is -2.82. The fourth-order valence-electron chi connectivity index (χ4n) is 3.84. The number of nitrogens with one attached hydrogen (secondary N) is 2. The van der Waals surface area contributed by atoms with Crippen LogP contribution in [0.15, 0.2) is 42.5 Å². The molecule has 2 heterocycles. The molecule has 28 heavy (non-hydrogen) atoms. The average Bonchev–Trinajstić information content (AvgIpc) is 3.12. The highest BCUT2D eigenvalue weighted by Crippen LogP contribution is 2.24. The molecule has 1 aromatic heterocycles. The second kappa shape index (κ2) is 8.05. The van der Waals surface area contributed by atoms with Crippen molar-refractivity contribution in [3.8, 4) is 0 Å². The van der Waals surface area contributed by atoms with Gasteiger partial charge in [-0.1, -0.05) is 35.9 Å². The number of aryl methyl sites for hydroxylation is 2. The second-order valence-electron chi connectivity index (χ2n) is 7.87. The number of hydrogen-bond acceptors (Lipinski definition) is 3. The SMILES string of the molecule is Cc1ccc(CCNC(=O)C2CCN(c3nc4ccc(C)cc4[nH]3)CC2)cc1. The third-order valence-corrected chi connectivity index (χ3v) is 5.62. The van der Waals surface area contributed by atoms with Gasteiger partial charge in [-0.05, 0) is 56.4 Å². The maximum absolute atomic E-state index is 12.5. The molecule has 2 aromatic carbocycles. The molecule has 3 aromatic rings. The van der Waals surface area contributed by atoms with E-state index in [9.17, 15) is 4.79 Å². The summed E-state index contributed by atoms with van der Waals surface area (Å²) >= 11 is 0. The fourth-order valence-corrected chi connectivity index (χ4v) is 3.84. The van der Waals surface area contributed by atoms with Crippen molar-refractivity contribution in [2.24, 2.45) is 5.92 Å². The average molecular weight is 377 g/mol. The second-order valence-corrected chi connectivity index (χ2v) is 7.87. The van der Waals surface area contributed by atoms with E-state index in [1.807, 2.05) is 0 Å². The van der Waals surface area contributed by atoms with Gasteiger partial charge < -0.3 is 15.2 Å². The summed E-state index contributed by atoms with van der Waals surface area (Å²) in [4.78, 5) is 22.9. The van der Waals surface area contributed by atoms with Crippen molar-refractivity contribution in [1.82, 2.24) is 15.3 Å². The Morgan fingerprint density at radius 2 is 1.82 bits per heavy atom. The number of piperidine rings is 1. The van der Waals surface area contributed by atoms with Crippen molar-refractivity contribution in [3.63, 3.8) is 0 Å². The molecule has 0 unspecified atom stereocenters. The largest absolute Gasteiger partial charge is 0.356 e. The summed E-state index contributed by atoms with van der Waals surface area (Å²) in [7, 11) is 0. The van der Waals surface area contributed by atoms with Crippen molar-refractivity contribution < 1.29 is 4.79 Å².